The molecule has 5 nitrogen and oxygen atoms in total. The highest BCUT2D eigenvalue weighted by molar-refractivity contribution is 7.91. The van der Waals surface area contributed by atoms with Crippen molar-refractivity contribution in [3.8, 4) is 0 Å². The first-order valence-electron chi connectivity index (χ1n) is 7.12. The summed E-state index contributed by atoms with van der Waals surface area (Å²) in [4.78, 5) is 14.5. The Morgan fingerprint density at radius 2 is 2.29 bits per heavy atom. The van der Waals surface area contributed by atoms with E-state index in [4.69, 9.17) is 0 Å². The fourth-order valence-corrected chi connectivity index (χ4v) is 4.97. The van der Waals surface area contributed by atoms with E-state index in [0.717, 1.165) is 6.42 Å². The first-order chi connectivity index (χ1) is 9.84. The molecule has 2 rings (SSSR count). The van der Waals surface area contributed by atoms with E-state index in [9.17, 15) is 13.2 Å². The third kappa shape index (κ3) is 5.41. The van der Waals surface area contributed by atoms with Crippen molar-refractivity contribution in [2.45, 2.75) is 38.8 Å². The molecule has 1 aromatic heterocycles. The molecule has 1 aliphatic heterocycles. The topological polar surface area (TPSA) is 75.3 Å². The Balaban J connectivity index is 1.78. The minimum atomic E-state index is -2.99. The maximum atomic E-state index is 12.0. The van der Waals surface area contributed by atoms with Crippen molar-refractivity contribution < 1.29 is 13.2 Å². The highest BCUT2D eigenvalue weighted by Crippen LogP contribution is 2.16. The standard InChI is InChI=1S/C14H22N2O3S2/c1-10(7-13-4-3-11(2)20-13)16-14(17)8-12-9-21(18,19)6-5-15-12/h3-4,10,12,15H,5-9H2,1-2H3,(H,16,17). The third-order valence-electron chi connectivity index (χ3n) is 3.44. The fourth-order valence-electron chi connectivity index (χ4n) is 2.50. The molecule has 1 aliphatic rings. The van der Waals surface area contributed by atoms with Crippen LogP contribution in [0.15, 0.2) is 12.1 Å². The number of sulfone groups is 1. The van der Waals surface area contributed by atoms with Gasteiger partial charge in [-0.3, -0.25) is 4.79 Å². The SMILES string of the molecule is Cc1ccc(CC(C)NC(=O)CC2CS(=O)(=O)CCN2)s1. The van der Waals surface area contributed by atoms with Crippen LogP contribution >= 0.6 is 11.3 Å². The van der Waals surface area contributed by atoms with E-state index in [-0.39, 0.29) is 35.9 Å². The van der Waals surface area contributed by atoms with Crippen LogP contribution in [0.25, 0.3) is 0 Å². The lowest BCUT2D eigenvalue weighted by Crippen LogP contribution is -2.48. The summed E-state index contributed by atoms with van der Waals surface area (Å²) in [6.45, 7) is 4.47. The van der Waals surface area contributed by atoms with Gasteiger partial charge in [-0.15, -0.1) is 11.3 Å². The van der Waals surface area contributed by atoms with E-state index in [2.05, 4.69) is 29.7 Å². The summed E-state index contributed by atoms with van der Waals surface area (Å²) in [5, 5.41) is 6.04. The maximum Gasteiger partial charge on any atom is 0.221 e. The minimum absolute atomic E-state index is 0.0516. The second-order valence-corrected chi connectivity index (χ2v) is 9.26. The number of thiophene rings is 1. The number of hydrogen-bond donors (Lipinski definition) is 2. The number of rotatable bonds is 5. The van der Waals surface area contributed by atoms with Crippen LogP contribution in [-0.4, -0.2) is 44.5 Å². The Morgan fingerprint density at radius 1 is 1.52 bits per heavy atom. The van der Waals surface area contributed by atoms with E-state index in [1.54, 1.807) is 11.3 Å². The summed E-state index contributed by atoms with van der Waals surface area (Å²) in [5.74, 6) is 0.128. The lowest BCUT2D eigenvalue weighted by molar-refractivity contribution is -0.122. The number of nitrogens with one attached hydrogen (secondary N) is 2. The number of amides is 1. The van der Waals surface area contributed by atoms with Gasteiger partial charge in [0.05, 0.1) is 11.5 Å². The van der Waals surface area contributed by atoms with Gasteiger partial charge in [0.2, 0.25) is 5.91 Å². The van der Waals surface area contributed by atoms with Gasteiger partial charge in [0, 0.05) is 41.2 Å². The zero-order chi connectivity index (χ0) is 15.5. The van der Waals surface area contributed by atoms with Gasteiger partial charge < -0.3 is 10.6 Å². The average Bonchev–Trinajstić information content (AvgIpc) is 2.72. The van der Waals surface area contributed by atoms with Gasteiger partial charge in [0.15, 0.2) is 9.84 Å². The van der Waals surface area contributed by atoms with Crippen LogP contribution in [0, 0.1) is 6.92 Å². The van der Waals surface area contributed by atoms with Crippen molar-refractivity contribution in [2.75, 3.05) is 18.1 Å². The van der Waals surface area contributed by atoms with Crippen LogP contribution in [0.4, 0.5) is 0 Å². The fraction of sp³-hybridized carbons (Fsp3) is 0.643. The van der Waals surface area contributed by atoms with E-state index < -0.39 is 9.84 Å². The molecule has 0 aromatic carbocycles. The largest absolute Gasteiger partial charge is 0.353 e. The first kappa shape index (κ1) is 16.5. The molecule has 2 atom stereocenters. The molecule has 2 N–H and O–H groups in total. The predicted octanol–water partition coefficient (Wildman–Crippen LogP) is 0.880. The summed E-state index contributed by atoms with van der Waals surface area (Å²) in [6.07, 6.45) is 1.02. The number of carbonyl (C=O) groups is 1. The summed E-state index contributed by atoms with van der Waals surface area (Å²) >= 11 is 1.74. The van der Waals surface area contributed by atoms with Gasteiger partial charge in [0.1, 0.15) is 0 Å². The van der Waals surface area contributed by atoms with Crippen LogP contribution in [0.2, 0.25) is 0 Å². The first-order valence-corrected chi connectivity index (χ1v) is 9.76. The third-order valence-corrected chi connectivity index (χ3v) is 6.20. The molecule has 1 saturated heterocycles. The Morgan fingerprint density at radius 3 is 2.90 bits per heavy atom. The Hall–Kier alpha value is -0.920. The van der Waals surface area contributed by atoms with Gasteiger partial charge >= 0.3 is 0 Å². The second-order valence-electron chi connectivity index (χ2n) is 5.65. The van der Waals surface area contributed by atoms with E-state index in [1.165, 1.54) is 9.75 Å². The van der Waals surface area contributed by atoms with Crippen LogP contribution in [-0.2, 0) is 21.1 Å². The quantitative estimate of drug-likeness (QED) is 0.840. The molecule has 1 amide bonds. The Bertz CT molecular complexity index is 595. The van der Waals surface area contributed by atoms with Crippen LogP contribution in [0.3, 0.4) is 0 Å². The number of carbonyl (C=O) groups excluding carboxylic acids is 1. The van der Waals surface area contributed by atoms with Crippen molar-refractivity contribution >= 4 is 27.1 Å². The zero-order valence-corrected chi connectivity index (χ0v) is 14.0. The molecule has 2 unspecified atom stereocenters. The van der Waals surface area contributed by atoms with E-state index in [0.29, 0.717) is 6.54 Å². The highest BCUT2D eigenvalue weighted by Gasteiger charge is 2.26. The molecule has 1 fully saturated rings. The molecule has 1 aromatic rings. The van der Waals surface area contributed by atoms with Crippen LogP contribution in [0.5, 0.6) is 0 Å². The predicted molar refractivity (Wildman–Crippen MR) is 85.4 cm³/mol. The number of aryl methyl sites for hydroxylation is 1. The summed E-state index contributed by atoms with van der Waals surface area (Å²) in [6, 6.07) is 3.94. The molecule has 0 radical (unpaired) electrons. The Kier molecular flexibility index (Phi) is 5.40. The molecule has 2 heterocycles. The molecular weight excluding hydrogens is 308 g/mol. The summed E-state index contributed by atoms with van der Waals surface area (Å²) in [7, 11) is -2.99. The number of hydrogen-bond acceptors (Lipinski definition) is 5. The van der Waals surface area contributed by atoms with Crippen LogP contribution in [0.1, 0.15) is 23.1 Å². The lowest BCUT2D eigenvalue weighted by Gasteiger charge is -2.23. The smallest absolute Gasteiger partial charge is 0.221 e. The minimum Gasteiger partial charge on any atom is -0.353 e. The second kappa shape index (κ2) is 6.89. The molecular formula is C14H22N2O3S2. The van der Waals surface area contributed by atoms with Gasteiger partial charge in [-0.2, -0.15) is 0 Å². The molecule has 0 spiro atoms. The highest BCUT2D eigenvalue weighted by atomic mass is 32.2. The summed E-state index contributed by atoms with van der Waals surface area (Å²) in [5.41, 5.74) is 0. The Labute approximate surface area is 130 Å². The van der Waals surface area contributed by atoms with Gasteiger partial charge in [-0.25, -0.2) is 8.42 Å². The molecule has 7 heteroatoms. The van der Waals surface area contributed by atoms with Crippen molar-refractivity contribution in [3.63, 3.8) is 0 Å². The van der Waals surface area contributed by atoms with Crippen molar-refractivity contribution in [1.82, 2.24) is 10.6 Å². The molecule has 0 saturated carbocycles. The zero-order valence-electron chi connectivity index (χ0n) is 12.4. The van der Waals surface area contributed by atoms with E-state index in [1.807, 2.05) is 6.92 Å². The molecule has 21 heavy (non-hydrogen) atoms. The van der Waals surface area contributed by atoms with Gasteiger partial charge in [-0.05, 0) is 26.0 Å². The van der Waals surface area contributed by atoms with Crippen molar-refractivity contribution in [3.05, 3.63) is 21.9 Å². The monoisotopic (exact) mass is 330 g/mol. The molecule has 118 valence electrons. The van der Waals surface area contributed by atoms with Crippen molar-refractivity contribution in [2.24, 2.45) is 0 Å². The molecule has 0 aliphatic carbocycles. The average molecular weight is 330 g/mol. The molecule has 0 bridgehead atoms. The van der Waals surface area contributed by atoms with Crippen molar-refractivity contribution in [1.29, 1.82) is 0 Å². The van der Waals surface area contributed by atoms with Gasteiger partial charge in [0.25, 0.3) is 0 Å². The van der Waals surface area contributed by atoms with Gasteiger partial charge in [-0.1, -0.05) is 0 Å². The normalized spacial score (nSPS) is 22.7. The van der Waals surface area contributed by atoms with Crippen LogP contribution < -0.4 is 10.6 Å². The maximum absolute atomic E-state index is 12.0. The lowest BCUT2D eigenvalue weighted by atomic mass is 10.1. The van der Waals surface area contributed by atoms with E-state index >= 15 is 0 Å². The summed E-state index contributed by atoms with van der Waals surface area (Å²) < 4.78 is 23.1.